The van der Waals surface area contributed by atoms with Crippen LogP contribution < -0.4 is 10.6 Å². The molecule has 0 heterocycles. The van der Waals surface area contributed by atoms with Gasteiger partial charge in [0.15, 0.2) is 0 Å². The number of hydrogen-bond acceptors (Lipinski definition) is 11. The van der Waals surface area contributed by atoms with E-state index < -0.39 is 104 Å². The highest BCUT2D eigenvalue weighted by atomic mass is 28.4. The highest BCUT2D eigenvalue weighted by molar-refractivity contribution is 6.80. The van der Waals surface area contributed by atoms with E-state index in [9.17, 15) is 43.5 Å². The number of aliphatic carboxylic acids is 1. The van der Waals surface area contributed by atoms with Crippen LogP contribution in [0.2, 0.25) is 16.1 Å². The second-order valence-electron chi connectivity index (χ2n) is 27.0. The molecule has 3 N–H and O–H groups in total. The van der Waals surface area contributed by atoms with Gasteiger partial charge in [0.05, 0.1) is 0 Å². The minimum atomic E-state index is -2.87. The summed E-state index contributed by atoms with van der Waals surface area (Å²) in [4.78, 5) is 112. The first-order chi connectivity index (χ1) is 40.2. The lowest BCUT2D eigenvalue weighted by Gasteiger charge is -2.51. The van der Waals surface area contributed by atoms with Crippen molar-refractivity contribution in [2.45, 2.75) is 200 Å². The summed E-state index contributed by atoms with van der Waals surface area (Å²) in [5, 5.41) is 14.5. The maximum Gasteiger partial charge on any atom is 0.408 e. The molecule has 0 aromatic heterocycles. The van der Waals surface area contributed by atoms with Crippen molar-refractivity contribution in [2.24, 2.45) is 5.92 Å². The third-order valence-corrected chi connectivity index (χ3v) is 21.9. The molecule has 18 nitrogen and oxygen atoms in total. The number of benzene rings is 4. The van der Waals surface area contributed by atoms with E-state index in [0.29, 0.717) is 5.92 Å². The summed E-state index contributed by atoms with van der Waals surface area (Å²) in [6, 6.07) is 32.0. The second-order valence-corrected chi connectivity index (χ2v) is 32.3. The van der Waals surface area contributed by atoms with Gasteiger partial charge in [-0.3, -0.25) is 24.0 Å². The molecular formula is C68H100N6O12Si. The van der Waals surface area contributed by atoms with E-state index >= 15 is 0 Å². The van der Waals surface area contributed by atoms with Crippen molar-refractivity contribution in [3.63, 3.8) is 0 Å². The Hall–Kier alpha value is -7.54. The number of hydrogen-bond donors (Lipinski definition) is 3. The van der Waals surface area contributed by atoms with Crippen LogP contribution in [0, 0.1) is 5.92 Å². The van der Waals surface area contributed by atoms with Gasteiger partial charge in [-0.1, -0.05) is 177 Å². The summed E-state index contributed by atoms with van der Waals surface area (Å²) in [5.41, 5.74) is 1.82. The standard InChI is InChI=1S/C40H63N3O6Si.C28H37N3O6/c1-28(2)27-50(39(7,8)9,40(10,11)12)49-36(46)33(26-31-23-19-16-20-24-31)43(14)35(45)32(25-30-21-17-15-18-22-30)42(13)34(44)29(3)41-37(47)48-38(4,5)6;1-19(29-27(36)37-28(2,3)4)24(32)30(5)22(17-20-13-9-7-10-14-20)25(33)31(6)23(26(34)35)18-21-15-11-8-12-16-21/h15-24,28-29,32-33H,25-27H2,1-14H3,(H,41,47);7-16,19,22-23H,17-18H2,1-6H3,(H,29,36)(H,34,35)/t29-,32-,33-;19-,22-,23-/m00/s1. The van der Waals surface area contributed by atoms with Crippen molar-refractivity contribution in [2.75, 3.05) is 28.2 Å². The van der Waals surface area contributed by atoms with Crippen molar-refractivity contribution < 1.29 is 57.4 Å². The zero-order valence-corrected chi connectivity index (χ0v) is 56.4. The quantitative estimate of drug-likeness (QED) is 0.0590. The molecule has 0 aliphatic heterocycles. The minimum Gasteiger partial charge on any atom is -0.516 e. The average Bonchev–Trinajstić information content (AvgIpc) is 0.944. The maximum absolute atomic E-state index is 14.7. The SMILES string of the molecule is CC(C)C[Si](OC(=O)[C@H](Cc1ccccc1)N(C)C(=O)[C@H](Cc1ccccc1)N(C)C(=O)[C@H](C)NC(=O)OC(C)(C)C)(C(C)(C)C)C(C)(C)C.C[C@H](NC(=O)OC(C)(C)C)C(=O)N(C)[C@@H](Cc1ccccc1)C(=O)N(C)[C@@H](Cc1ccccc1)C(=O)O. The van der Waals surface area contributed by atoms with Crippen LogP contribution in [0.15, 0.2) is 121 Å². The molecule has 19 heteroatoms. The largest absolute Gasteiger partial charge is 0.516 e. The molecule has 87 heavy (non-hydrogen) atoms. The molecule has 0 radical (unpaired) electrons. The first-order valence-electron chi connectivity index (χ1n) is 29.9. The van der Waals surface area contributed by atoms with Crippen LogP contribution in [0.5, 0.6) is 0 Å². The van der Waals surface area contributed by atoms with Crippen molar-refractivity contribution >= 4 is 56.1 Å². The number of likely N-dealkylation sites (N-methyl/N-ethyl adjacent to an activating group) is 4. The van der Waals surface area contributed by atoms with E-state index in [1.165, 1.54) is 40.6 Å². The Balaban J connectivity index is 0.000000476. The van der Waals surface area contributed by atoms with Gasteiger partial charge in [0.1, 0.15) is 47.5 Å². The van der Waals surface area contributed by atoms with Crippen LogP contribution in [0.4, 0.5) is 9.59 Å². The van der Waals surface area contributed by atoms with Gasteiger partial charge in [-0.05, 0) is 99.7 Å². The number of nitrogens with zero attached hydrogens (tertiary/aromatic N) is 4. The van der Waals surface area contributed by atoms with E-state index in [2.05, 4.69) is 66.0 Å². The Morgan fingerprint density at radius 3 is 0.954 bits per heavy atom. The summed E-state index contributed by atoms with van der Waals surface area (Å²) in [7, 11) is 3.22. The van der Waals surface area contributed by atoms with Crippen LogP contribution in [-0.2, 0) is 68.4 Å². The fraction of sp³-hybridized carbons (Fsp3) is 0.529. The number of ether oxygens (including phenoxy) is 2. The average molecular weight is 1220 g/mol. The van der Waals surface area contributed by atoms with E-state index in [1.807, 2.05) is 97.1 Å². The Morgan fingerprint density at radius 1 is 0.425 bits per heavy atom. The Morgan fingerprint density at radius 2 is 0.690 bits per heavy atom. The molecule has 6 amide bonds. The molecular weight excluding hydrogens is 1120 g/mol. The molecule has 4 aromatic carbocycles. The zero-order valence-electron chi connectivity index (χ0n) is 55.4. The lowest BCUT2D eigenvalue weighted by Crippen LogP contribution is -2.60. The predicted octanol–water partition coefficient (Wildman–Crippen LogP) is 10.9. The monoisotopic (exact) mass is 1220 g/mol. The van der Waals surface area contributed by atoms with Gasteiger partial charge in [-0.25, -0.2) is 14.4 Å². The summed E-state index contributed by atoms with van der Waals surface area (Å²) in [6.07, 6.45) is -0.748. The molecule has 0 saturated heterocycles. The molecule has 0 bridgehead atoms. The van der Waals surface area contributed by atoms with Gasteiger partial charge >= 0.3 is 24.1 Å². The van der Waals surface area contributed by atoms with Crippen molar-refractivity contribution in [3.8, 4) is 0 Å². The van der Waals surface area contributed by atoms with Crippen molar-refractivity contribution in [1.82, 2.24) is 30.2 Å². The van der Waals surface area contributed by atoms with Gasteiger partial charge in [-0.15, -0.1) is 0 Å². The Bertz CT molecular complexity index is 2870. The normalized spacial score (nSPS) is 14.0. The topological polar surface area (TPSA) is 222 Å². The summed E-state index contributed by atoms with van der Waals surface area (Å²) in [5.74, 6) is -3.19. The lowest BCUT2D eigenvalue weighted by molar-refractivity contribution is -0.153. The minimum absolute atomic E-state index is 0.116. The van der Waals surface area contributed by atoms with Crippen LogP contribution in [0.1, 0.15) is 133 Å². The van der Waals surface area contributed by atoms with E-state index in [4.69, 9.17) is 13.9 Å². The first-order valence-corrected chi connectivity index (χ1v) is 32.0. The summed E-state index contributed by atoms with van der Waals surface area (Å²) >= 11 is 0. The Labute approximate surface area is 519 Å². The Kier molecular flexibility index (Phi) is 27.0. The molecule has 478 valence electrons. The van der Waals surface area contributed by atoms with Crippen LogP contribution in [0.3, 0.4) is 0 Å². The van der Waals surface area contributed by atoms with Crippen molar-refractivity contribution in [1.29, 1.82) is 0 Å². The van der Waals surface area contributed by atoms with Gasteiger partial charge in [0, 0.05) is 53.9 Å². The van der Waals surface area contributed by atoms with Crippen molar-refractivity contribution in [3.05, 3.63) is 144 Å². The molecule has 0 spiro atoms. The fourth-order valence-electron chi connectivity index (χ4n) is 10.6. The molecule has 0 aliphatic rings. The second kappa shape index (κ2) is 31.9. The van der Waals surface area contributed by atoms with Gasteiger partial charge in [0.25, 0.3) is 8.32 Å². The third-order valence-electron chi connectivity index (χ3n) is 15.1. The summed E-state index contributed by atoms with van der Waals surface area (Å²) < 4.78 is 17.5. The fourth-order valence-corrected chi connectivity index (χ4v) is 16.4. The number of rotatable bonds is 23. The van der Waals surface area contributed by atoms with Gasteiger partial charge < -0.3 is 49.2 Å². The van der Waals surface area contributed by atoms with Crippen LogP contribution in [0.25, 0.3) is 0 Å². The summed E-state index contributed by atoms with van der Waals surface area (Å²) in [6.45, 7) is 30.7. The molecule has 0 aliphatic carbocycles. The molecule has 0 unspecified atom stereocenters. The molecule has 0 fully saturated rings. The van der Waals surface area contributed by atoms with Crippen LogP contribution >= 0.6 is 0 Å². The van der Waals surface area contributed by atoms with Crippen LogP contribution in [-0.4, -0.2) is 156 Å². The number of carbonyl (C=O) groups is 8. The number of amides is 6. The zero-order chi connectivity index (χ0) is 66.0. The van der Waals surface area contributed by atoms with Gasteiger partial charge in [-0.2, -0.15) is 0 Å². The first kappa shape index (κ1) is 73.7. The molecule has 6 atom stereocenters. The molecule has 4 rings (SSSR count). The number of alkyl carbamates (subject to hydrolysis) is 2. The maximum atomic E-state index is 14.7. The third kappa shape index (κ3) is 22.6. The predicted molar refractivity (Wildman–Crippen MR) is 343 cm³/mol. The number of carboxylic acids is 1. The lowest BCUT2D eigenvalue weighted by atomic mass is 10.0. The number of carbonyl (C=O) groups excluding carboxylic acids is 7. The molecule has 4 aromatic rings. The smallest absolute Gasteiger partial charge is 0.408 e. The number of nitrogens with one attached hydrogen (secondary N) is 2. The number of carboxylic acid groups (broad SMARTS) is 1. The van der Waals surface area contributed by atoms with Gasteiger partial charge in [0.2, 0.25) is 23.6 Å². The van der Waals surface area contributed by atoms with E-state index in [-0.39, 0.29) is 35.8 Å². The van der Waals surface area contributed by atoms with E-state index in [1.54, 1.807) is 86.8 Å². The highest BCUT2D eigenvalue weighted by Gasteiger charge is 2.58. The van der Waals surface area contributed by atoms with E-state index in [0.717, 1.165) is 28.3 Å². The molecule has 0 saturated carbocycles. The highest BCUT2D eigenvalue weighted by Crippen LogP contribution is 2.55.